The van der Waals surface area contributed by atoms with Crippen LogP contribution in [0.2, 0.25) is 0 Å². The summed E-state index contributed by atoms with van der Waals surface area (Å²) < 4.78 is 11.0. The Morgan fingerprint density at radius 3 is 2.38 bits per heavy atom. The highest BCUT2D eigenvalue weighted by molar-refractivity contribution is 5.89. The van der Waals surface area contributed by atoms with Crippen LogP contribution in [0.25, 0.3) is 0 Å². The van der Waals surface area contributed by atoms with Crippen LogP contribution in [0, 0.1) is 0 Å². The van der Waals surface area contributed by atoms with E-state index in [4.69, 9.17) is 14.6 Å². The first-order valence-electron chi connectivity index (χ1n) is 6.84. The molecule has 0 aliphatic heterocycles. The molecule has 21 heavy (non-hydrogen) atoms. The van der Waals surface area contributed by atoms with Crippen molar-refractivity contribution in [1.82, 2.24) is 0 Å². The van der Waals surface area contributed by atoms with Crippen LogP contribution < -0.4 is 4.74 Å². The van der Waals surface area contributed by atoms with Crippen molar-refractivity contribution < 1.29 is 19.4 Å². The molecule has 0 bridgehead atoms. The Morgan fingerprint density at radius 1 is 0.905 bits per heavy atom. The number of para-hydroxylation sites is 1. The second-order valence-electron chi connectivity index (χ2n) is 4.49. The van der Waals surface area contributed by atoms with Gasteiger partial charge in [-0.25, -0.2) is 4.79 Å². The fourth-order valence-corrected chi connectivity index (χ4v) is 1.97. The molecule has 2 aromatic carbocycles. The van der Waals surface area contributed by atoms with E-state index in [0.29, 0.717) is 31.8 Å². The molecule has 2 aromatic rings. The Labute approximate surface area is 123 Å². The predicted molar refractivity (Wildman–Crippen MR) is 79.9 cm³/mol. The molecule has 0 atom stereocenters. The van der Waals surface area contributed by atoms with Crippen molar-refractivity contribution in [2.75, 3.05) is 19.8 Å². The van der Waals surface area contributed by atoms with Crippen molar-refractivity contribution in [2.24, 2.45) is 0 Å². The third-order valence-corrected chi connectivity index (χ3v) is 3.00. The molecule has 0 saturated heterocycles. The standard InChI is InChI=1S/C17H18O4/c18-17(19)16-9-5-4-6-14(16)10-11-20-12-13-21-15-7-2-1-3-8-15/h1-9H,10-13H2,(H,18,19). The number of aromatic carboxylic acids is 1. The Bertz CT molecular complexity index is 566. The van der Waals surface area contributed by atoms with Crippen LogP contribution in [0.1, 0.15) is 15.9 Å². The van der Waals surface area contributed by atoms with Gasteiger partial charge in [-0.15, -0.1) is 0 Å². The van der Waals surface area contributed by atoms with Crippen LogP contribution in [0.15, 0.2) is 54.6 Å². The number of ether oxygens (including phenoxy) is 2. The molecule has 0 spiro atoms. The van der Waals surface area contributed by atoms with Crippen molar-refractivity contribution in [3.63, 3.8) is 0 Å². The molecule has 0 amide bonds. The molecule has 4 nitrogen and oxygen atoms in total. The topological polar surface area (TPSA) is 55.8 Å². The first kappa shape index (κ1) is 15.1. The lowest BCUT2D eigenvalue weighted by atomic mass is 10.1. The number of hydrogen-bond acceptors (Lipinski definition) is 3. The van der Waals surface area contributed by atoms with Crippen molar-refractivity contribution in [2.45, 2.75) is 6.42 Å². The summed E-state index contributed by atoms with van der Waals surface area (Å²) in [6, 6.07) is 16.5. The molecule has 0 unspecified atom stereocenters. The van der Waals surface area contributed by atoms with Gasteiger partial charge in [-0.1, -0.05) is 36.4 Å². The quantitative estimate of drug-likeness (QED) is 0.758. The van der Waals surface area contributed by atoms with Gasteiger partial charge in [0, 0.05) is 0 Å². The van der Waals surface area contributed by atoms with E-state index in [1.807, 2.05) is 42.5 Å². The minimum Gasteiger partial charge on any atom is -0.491 e. The summed E-state index contributed by atoms with van der Waals surface area (Å²) >= 11 is 0. The van der Waals surface area contributed by atoms with Gasteiger partial charge >= 0.3 is 5.97 Å². The zero-order chi connectivity index (χ0) is 14.9. The molecule has 4 heteroatoms. The smallest absolute Gasteiger partial charge is 0.335 e. The largest absolute Gasteiger partial charge is 0.491 e. The van der Waals surface area contributed by atoms with E-state index in [-0.39, 0.29) is 0 Å². The summed E-state index contributed by atoms with van der Waals surface area (Å²) in [5, 5.41) is 9.07. The normalized spacial score (nSPS) is 10.3. The van der Waals surface area contributed by atoms with Gasteiger partial charge in [-0.2, -0.15) is 0 Å². The molecule has 0 radical (unpaired) electrons. The molecule has 0 fully saturated rings. The van der Waals surface area contributed by atoms with E-state index in [9.17, 15) is 4.79 Å². The fourth-order valence-electron chi connectivity index (χ4n) is 1.97. The summed E-state index contributed by atoms with van der Waals surface area (Å²) in [5.74, 6) is -0.0877. The first-order chi connectivity index (χ1) is 10.3. The Hall–Kier alpha value is -2.33. The monoisotopic (exact) mass is 286 g/mol. The van der Waals surface area contributed by atoms with E-state index >= 15 is 0 Å². The van der Waals surface area contributed by atoms with Crippen LogP contribution in [0.3, 0.4) is 0 Å². The van der Waals surface area contributed by atoms with E-state index in [0.717, 1.165) is 11.3 Å². The third kappa shape index (κ3) is 4.93. The predicted octanol–water partition coefficient (Wildman–Crippen LogP) is 3.02. The maximum absolute atomic E-state index is 11.1. The Morgan fingerprint density at radius 2 is 1.62 bits per heavy atom. The molecular formula is C17H18O4. The SMILES string of the molecule is O=C(O)c1ccccc1CCOCCOc1ccccc1. The summed E-state index contributed by atoms with van der Waals surface area (Å²) in [4.78, 5) is 11.1. The highest BCUT2D eigenvalue weighted by Gasteiger charge is 2.08. The molecule has 0 aliphatic carbocycles. The molecule has 0 aliphatic rings. The molecule has 1 N–H and O–H groups in total. The minimum absolute atomic E-state index is 0.335. The lowest BCUT2D eigenvalue weighted by Gasteiger charge is -2.08. The van der Waals surface area contributed by atoms with Crippen LogP contribution in [0.5, 0.6) is 5.75 Å². The Balaban J connectivity index is 1.67. The summed E-state index contributed by atoms with van der Waals surface area (Å²) in [5.41, 5.74) is 1.12. The van der Waals surface area contributed by atoms with Crippen molar-refractivity contribution in [1.29, 1.82) is 0 Å². The summed E-state index contributed by atoms with van der Waals surface area (Å²) in [6.07, 6.45) is 0.577. The first-order valence-corrected chi connectivity index (χ1v) is 6.84. The van der Waals surface area contributed by atoms with Gasteiger partial charge in [-0.3, -0.25) is 0 Å². The Kier molecular flexibility index (Phi) is 5.79. The maximum Gasteiger partial charge on any atom is 0.335 e. The van der Waals surface area contributed by atoms with Crippen LogP contribution in [0.4, 0.5) is 0 Å². The number of carboxylic acid groups (broad SMARTS) is 1. The van der Waals surface area contributed by atoms with E-state index < -0.39 is 5.97 Å². The molecule has 0 aromatic heterocycles. The molecule has 0 heterocycles. The highest BCUT2D eigenvalue weighted by atomic mass is 16.5. The zero-order valence-corrected chi connectivity index (χ0v) is 11.7. The lowest BCUT2D eigenvalue weighted by Crippen LogP contribution is -2.10. The molecular weight excluding hydrogens is 268 g/mol. The zero-order valence-electron chi connectivity index (χ0n) is 11.7. The van der Waals surface area contributed by atoms with Gasteiger partial charge in [0.15, 0.2) is 0 Å². The van der Waals surface area contributed by atoms with E-state index in [1.54, 1.807) is 12.1 Å². The average molecular weight is 286 g/mol. The van der Waals surface area contributed by atoms with Crippen LogP contribution in [-0.2, 0) is 11.2 Å². The lowest BCUT2D eigenvalue weighted by molar-refractivity contribution is 0.0694. The van der Waals surface area contributed by atoms with Gasteiger partial charge < -0.3 is 14.6 Å². The van der Waals surface area contributed by atoms with Gasteiger partial charge in [0.05, 0.1) is 18.8 Å². The molecule has 110 valence electrons. The van der Waals surface area contributed by atoms with E-state index in [2.05, 4.69) is 0 Å². The third-order valence-electron chi connectivity index (χ3n) is 3.00. The minimum atomic E-state index is -0.905. The number of benzene rings is 2. The van der Waals surface area contributed by atoms with Crippen LogP contribution in [-0.4, -0.2) is 30.9 Å². The van der Waals surface area contributed by atoms with Gasteiger partial charge in [0.25, 0.3) is 0 Å². The van der Waals surface area contributed by atoms with Gasteiger partial charge in [0.1, 0.15) is 12.4 Å². The van der Waals surface area contributed by atoms with Gasteiger partial charge in [-0.05, 0) is 30.2 Å². The highest BCUT2D eigenvalue weighted by Crippen LogP contribution is 2.10. The van der Waals surface area contributed by atoms with Crippen molar-refractivity contribution >= 4 is 5.97 Å². The number of rotatable bonds is 8. The van der Waals surface area contributed by atoms with Crippen molar-refractivity contribution in [3.05, 3.63) is 65.7 Å². The summed E-state index contributed by atoms with van der Waals surface area (Å²) in [7, 11) is 0. The van der Waals surface area contributed by atoms with Crippen molar-refractivity contribution in [3.8, 4) is 5.75 Å². The molecule has 2 rings (SSSR count). The summed E-state index contributed by atoms with van der Waals surface area (Å²) in [6.45, 7) is 1.43. The average Bonchev–Trinajstić information content (AvgIpc) is 2.52. The maximum atomic E-state index is 11.1. The number of hydrogen-bond donors (Lipinski definition) is 1. The second kappa shape index (κ2) is 8.07. The number of carboxylic acids is 1. The molecule has 0 saturated carbocycles. The fraction of sp³-hybridized carbons (Fsp3) is 0.235. The van der Waals surface area contributed by atoms with Gasteiger partial charge in [0.2, 0.25) is 0 Å². The van der Waals surface area contributed by atoms with Crippen LogP contribution >= 0.6 is 0 Å². The second-order valence-corrected chi connectivity index (χ2v) is 4.49. The van der Waals surface area contributed by atoms with E-state index in [1.165, 1.54) is 0 Å². The number of carbonyl (C=O) groups is 1.